The van der Waals surface area contributed by atoms with Crippen LogP contribution in [0.15, 0.2) is 18.2 Å². The quantitative estimate of drug-likeness (QED) is 0.759. The number of carbonyl (C=O) groups is 1. The van der Waals surface area contributed by atoms with Gasteiger partial charge in [0, 0.05) is 25.0 Å². The van der Waals surface area contributed by atoms with E-state index in [1.54, 1.807) is 4.90 Å². The Bertz CT molecular complexity index is 445. The first kappa shape index (κ1) is 13.3. The molecule has 0 radical (unpaired) electrons. The van der Waals surface area contributed by atoms with Crippen LogP contribution in [0.4, 0.5) is 8.78 Å². The van der Waals surface area contributed by atoms with Crippen LogP contribution in [0.2, 0.25) is 0 Å². The Labute approximate surface area is 110 Å². The fourth-order valence-electron chi connectivity index (χ4n) is 2.12. The minimum Gasteiger partial charge on any atom is -0.339 e. The SMILES string of the molecule is O=C(c1ccc(F)cc1F)N1CCC(CCl)CC1. The number of likely N-dealkylation sites (tertiary alicyclic amines) is 1. The first-order valence-electron chi connectivity index (χ1n) is 5.92. The lowest BCUT2D eigenvalue weighted by Gasteiger charge is -2.31. The Morgan fingerprint density at radius 2 is 2.00 bits per heavy atom. The summed E-state index contributed by atoms with van der Waals surface area (Å²) in [5.74, 6) is -0.842. The Balaban J connectivity index is 2.08. The predicted octanol–water partition coefficient (Wildman–Crippen LogP) is 3.06. The molecule has 1 aliphatic rings. The van der Waals surface area contributed by atoms with E-state index < -0.39 is 11.6 Å². The van der Waals surface area contributed by atoms with Crippen LogP contribution in [0.1, 0.15) is 23.2 Å². The van der Waals surface area contributed by atoms with Crippen molar-refractivity contribution in [2.75, 3.05) is 19.0 Å². The third-order valence-electron chi connectivity index (χ3n) is 3.28. The van der Waals surface area contributed by atoms with Gasteiger partial charge >= 0.3 is 0 Å². The molecule has 0 unspecified atom stereocenters. The second kappa shape index (κ2) is 5.65. The number of carbonyl (C=O) groups excluding carboxylic acids is 1. The van der Waals surface area contributed by atoms with Crippen LogP contribution in [0.25, 0.3) is 0 Å². The molecule has 1 heterocycles. The maximum Gasteiger partial charge on any atom is 0.256 e. The normalized spacial score (nSPS) is 16.9. The second-order valence-corrected chi connectivity index (χ2v) is 4.82. The average molecular weight is 274 g/mol. The molecule has 0 saturated carbocycles. The summed E-state index contributed by atoms with van der Waals surface area (Å²) in [4.78, 5) is 13.7. The molecule has 1 amide bonds. The molecular formula is C13H14ClF2NO. The minimum atomic E-state index is -0.806. The predicted molar refractivity (Wildman–Crippen MR) is 65.7 cm³/mol. The first-order chi connectivity index (χ1) is 8.61. The van der Waals surface area contributed by atoms with Crippen LogP contribution in [-0.2, 0) is 0 Å². The molecule has 0 spiro atoms. The van der Waals surface area contributed by atoms with Gasteiger partial charge in [-0.05, 0) is 30.9 Å². The first-order valence-corrected chi connectivity index (χ1v) is 6.45. The van der Waals surface area contributed by atoms with Gasteiger partial charge in [0.2, 0.25) is 0 Å². The molecular weight excluding hydrogens is 260 g/mol. The summed E-state index contributed by atoms with van der Waals surface area (Å²) in [7, 11) is 0. The molecule has 5 heteroatoms. The van der Waals surface area contributed by atoms with Crippen molar-refractivity contribution in [1.29, 1.82) is 0 Å². The highest BCUT2D eigenvalue weighted by Crippen LogP contribution is 2.21. The highest BCUT2D eigenvalue weighted by atomic mass is 35.5. The summed E-state index contributed by atoms with van der Waals surface area (Å²) in [5.41, 5.74) is -0.0688. The molecule has 1 saturated heterocycles. The molecule has 0 N–H and O–H groups in total. The van der Waals surface area contributed by atoms with Crippen LogP contribution in [-0.4, -0.2) is 29.8 Å². The zero-order valence-electron chi connectivity index (χ0n) is 9.83. The molecule has 1 aromatic rings. The molecule has 0 aliphatic carbocycles. The summed E-state index contributed by atoms with van der Waals surface area (Å²) in [6.07, 6.45) is 1.66. The van der Waals surface area contributed by atoms with Gasteiger partial charge in [-0.25, -0.2) is 8.78 Å². The number of hydrogen-bond donors (Lipinski definition) is 0. The molecule has 0 aromatic heterocycles. The Morgan fingerprint density at radius 3 is 2.56 bits per heavy atom. The van der Waals surface area contributed by atoms with Gasteiger partial charge < -0.3 is 4.90 Å². The van der Waals surface area contributed by atoms with Crippen molar-refractivity contribution < 1.29 is 13.6 Å². The van der Waals surface area contributed by atoms with Crippen molar-refractivity contribution in [3.05, 3.63) is 35.4 Å². The highest BCUT2D eigenvalue weighted by Gasteiger charge is 2.24. The Kier molecular flexibility index (Phi) is 4.17. The lowest BCUT2D eigenvalue weighted by molar-refractivity contribution is 0.0693. The molecule has 1 fully saturated rings. The average Bonchev–Trinajstić information content (AvgIpc) is 2.38. The zero-order chi connectivity index (χ0) is 13.1. The van der Waals surface area contributed by atoms with Crippen LogP contribution < -0.4 is 0 Å². The van der Waals surface area contributed by atoms with Gasteiger partial charge in [-0.15, -0.1) is 11.6 Å². The van der Waals surface area contributed by atoms with E-state index >= 15 is 0 Å². The van der Waals surface area contributed by atoms with E-state index in [2.05, 4.69) is 0 Å². The lowest BCUT2D eigenvalue weighted by Crippen LogP contribution is -2.39. The van der Waals surface area contributed by atoms with Crippen LogP contribution in [0.5, 0.6) is 0 Å². The number of nitrogens with zero attached hydrogens (tertiary/aromatic N) is 1. The second-order valence-electron chi connectivity index (χ2n) is 4.51. The van der Waals surface area contributed by atoms with Crippen molar-refractivity contribution in [3.8, 4) is 0 Å². The van der Waals surface area contributed by atoms with E-state index in [0.29, 0.717) is 24.9 Å². The van der Waals surface area contributed by atoms with Crippen molar-refractivity contribution in [2.24, 2.45) is 5.92 Å². The van der Waals surface area contributed by atoms with Crippen molar-refractivity contribution in [3.63, 3.8) is 0 Å². The van der Waals surface area contributed by atoms with Crippen molar-refractivity contribution in [1.82, 2.24) is 4.90 Å². The minimum absolute atomic E-state index is 0.0688. The molecule has 98 valence electrons. The number of benzene rings is 1. The number of amides is 1. The maximum absolute atomic E-state index is 13.5. The summed E-state index contributed by atoms with van der Waals surface area (Å²) < 4.78 is 26.3. The monoisotopic (exact) mass is 273 g/mol. The Hall–Kier alpha value is -1.16. The summed E-state index contributed by atoms with van der Waals surface area (Å²) >= 11 is 5.76. The van der Waals surface area contributed by atoms with Crippen LogP contribution in [0, 0.1) is 17.6 Å². The van der Waals surface area contributed by atoms with E-state index in [1.165, 1.54) is 6.07 Å². The molecule has 1 aromatic carbocycles. The molecule has 1 aliphatic heterocycles. The van der Waals surface area contributed by atoms with Gasteiger partial charge in [0.05, 0.1) is 5.56 Å². The van der Waals surface area contributed by atoms with Crippen molar-refractivity contribution in [2.45, 2.75) is 12.8 Å². The number of hydrogen-bond acceptors (Lipinski definition) is 1. The number of rotatable bonds is 2. The van der Waals surface area contributed by atoms with Gasteiger partial charge in [-0.3, -0.25) is 4.79 Å². The summed E-state index contributed by atoms with van der Waals surface area (Å²) in [6.45, 7) is 1.15. The molecule has 18 heavy (non-hydrogen) atoms. The summed E-state index contributed by atoms with van der Waals surface area (Å²) in [5, 5.41) is 0. The molecule has 0 bridgehead atoms. The van der Waals surface area contributed by atoms with E-state index in [1.807, 2.05) is 0 Å². The van der Waals surface area contributed by atoms with Gasteiger partial charge in [-0.2, -0.15) is 0 Å². The van der Waals surface area contributed by atoms with E-state index in [0.717, 1.165) is 25.0 Å². The number of halogens is 3. The Morgan fingerprint density at radius 1 is 1.33 bits per heavy atom. The topological polar surface area (TPSA) is 20.3 Å². The fraction of sp³-hybridized carbons (Fsp3) is 0.462. The number of piperidine rings is 1. The number of alkyl halides is 1. The standard InChI is InChI=1S/C13H14ClF2NO/c14-8-9-3-5-17(6-4-9)13(18)11-2-1-10(15)7-12(11)16/h1-2,7,9H,3-6,8H2. The van der Waals surface area contributed by atoms with Crippen LogP contribution in [0.3, 0.4) is 0 Å². The van der Waals surface area contributed by atoms with Gasteiger partial charge in [0.15, 0.2) is 0 Å². The summed E-state index contributed by atoms with van der Waals surface area (Å²) in [6, 6.07) is 3.03. The van der Waals surface area contributed by atoms with E-state index in [4.69, 9.17) is 11.6 Å². The van der Waals surface area contributed by atoms with Crippen molar-refractivity contribution >= 4 is 17.5 Å². The molecule has 0 atom stereocenters. The van der Waals surface area contributed by atoms with E-state index in [-0.39, 0.29) is 11.5 Å². The zero-order valence-corrected chi connectivity index (χ0v) is 10.6. The van der Waals surface area contributed by atoms with Crippen LogP contribution >= 0.6 is 11.6 Å². The fourth-order valence-corrected chi connectivity index (χ4v) is 2.43. The molecule has 2 nitrogen and oxygen atoms in total. The lowest BCUT2D eigenvalue weighted by atomic mass is 9.98. The van der Waals surface area contributed by atoms with E-state index in [9.17, 15) is 13.6 Å². The van der Waals surface area contributed by atoms with Gasteiger partial charge in [0.25, 0.3) is 5.91 Å². The molecule has 2 rings (SSSR count). The third kappa shape index (κ3) is 2.80. The smallest absolute Gasteiger partial charge is 0.256 e. The highest BCUT2D eigenvalue weighted by molar-refractivity contribution is 6.18. The van der Waals surface area contributed by atoms with Gasteiger partial charge in [-0.1, -0.05) is 0 Å². The van der Waals surface area contributed by atoms with Gasteiger partial charge in [0.1, 0.15) is 11.6 Å². The largest absolute Gasteiger partial charge is 0.339 e. The maximum atomic E-state index is 13.5. The third-order valence-corrected chi connectivity index (χ3v) is 3.72.